The molecule has 0 aliphatic rings. The summed E-state index contributed by atoms with van der Waals surface area (Å²) >= 11 is 0. The number of rotatable bonds is 7. The molecule has 0 spiro atoms. The lowest BCUT2D eigenvalue weighted by molar-refractivity contribution is 0.591. The Hall–Kier alpha value is -6.12. The molecular weight excluding hydrogens is 689 g/mol. The number of hydrogen-bond acceptors (Lipinski definition) is 2. The molecule has 9 rings (SSSR count). The van der Waals surface area contributed by atoms with Gasteiger partial charge in [0.15, 0.2) is 0 Å². The molecule has 0 aliphatic carbocycles. The first-order valence-electron chi connectivity index (χ1n) is 20.5. The van der Waals surface area contributed by atoms with Crippen LogP contribution in [0.1, 0.15) is 78.0 Å². The summed E-state index contributed by atoms with van der Waals surface area (Å²) in [5, 5.41) is 10.5. The smallest absolute Gasteiger partial charge is 0.0543 e. The second-order valence-corrected chi connectivity index (χ2v) is 18.1. The molecule has 0 unspecified atom stereocenters. The van der Waals surface area contributed by atoms with Crippen molar-refractivity contribution in [3.05, 3.63) is 180 Å². The van der Waals surface area contributed by atoms with Crippen LogP contribution < -0.4 is 9.80 Å². The third kappa shape index (κ3) is 6.29. The van der Waals surface area contributed by atoms with Crippen LogP contribution in [0, 0.1) is 0 Å². The molecular formula is C55H52N2. The van der Waals surface area contributed by atoms with Crippen molar-refractivity contribution >= 4 is 77.2 Å². The van der Waals surface area contributed by atoms with E-state index in [9.17, 15) is 0 Å². The van der Waals surface area contributed by atoms with E-state index in [1.807, 2.05) is 0 Å². The largest absolute Gasteiger partial charge is 0.310 e. The van der Waals surface area contributed by atoms with Crippen LogP contribution in [-0.2, 0) is 10.8 Å². The van der Waals surface area contributed by atoms with E-state index in [2.05, 4.69) is 229 Å². The second kappa shape index (κ2) is 13.8. The zero-order valence-corrected chi connectivity index (χ0v) is 34.6. The highest BCUT2D eigenvalue weighted by molar-refractivity contribution is 6.36. The maximum Gasteiger partial charge on any atom is 0.0543 e. The number of hydrogen-bond donors (Lipinski definition) is 0. The van der Waals surface area contributed by atoms with Crippen molar-refractivity contribution in [2.75, 3.05) is 9.80 Å². The van der Waals surface area contributed by atoms with Gasteiger partial charge in [-0.3, -0.25) is 0 Å². The first-order chi connectivity index (χ1) is 27.4. The Bertz CT molecular complexity index is 2780. The minimum atomic E-state index is -0.0763. The molecule has 0 radical (unpaired) electrons. The average Bonchev–Trinajstić information content (AvgIpc) is 3.21. The number of benzene rings is 9. The van der Waals surface area contributed by atoms with Gasteiger partial charge in [0.2, 0.25) is 0 Å². The standard InChI is InChI=1S/C55H52N2/c1-36(2)44-35-50(57(41-25-17-11-18-26-41)42-27-19-12-20-28-42)47-33-37(54(3,4)5)31-45-43-29-30-49(56(39-21-13-9-14-22-39)40-23-15-10-16-24-40)46-32-38(55(6,7)8)34-48(51(43)46)52(44)53(45)47/h9-36H,1-8H3. The summed E-state index contributed by atoms with van der Waals surface area (Å²) in [6, 6.07) is 60.8. The number of fused-ring (bicyclic) bond motifs is 2. The topological polar surface area (TPSA) is 6.48 Å². The Balaban J connectivity index is 1.50. The highest BCUT2D eigenvalue weighted by Gasteiger charge is 2.28. The van der Waals surface area contributed by atoms with E-state index in [4.69, 9.17) is 0 Å². The zero-order chi connectivity index (χ0) is 39.6. The van der Waals surface area contributed by atoms with Crippen LogP contribution in [0.3, 0.4) is 0 Å². The van der Waals surface area contributed by atoms with Crippen molar-refractivity contribution in [3.8, 4) is 0 Å². The Morgan fingerprint density at radius 1 is 0.351 bits per heavy atom. The Morgan fingerprint density at radius 3 is 1.16 bits per heavy atom. The van der Waals surface area contributed by atoms with Gasteiger partial charge in [-0.15, -0.1) is 0 Å². The molecule has 9 aromatic rings. The third-order valence-electron chi connectivity index (χ3n) is 11.8. The van der Waals surface area contributed by atoms with Crippen molar-refractivity contribution in [1.29, 1.82) is 0 Å². The predicted molar refractivity (Wildman–Crippen MR) is 249 cm³/mol. The van der Waals surface area contributed by atoms with Crippen molar-refractivity contribution in [2.24, 2.45) is 0 Å². The van der Waals surface area contributed by atoms with Gasteiger partial charge in [-0.1, -0.05) is 134 Å². The lowest BCUT2D eigenvalue weighted by Crippen LogP contribution is -2.15. The van der Waals surface area contributed by atoms with Crippen molar-refractivity contribution < 1.29 is 0 Å². The van der Waals surface area contributed by atoms with Gasteiger partial charge in [-0.2, -0.15) is 0 Å². The monoisotopic (exact) mass is 740 g/mol. The van der Waals surface area contributed by atoms with Crippen LogP contribution in [0.15, 0.2) is 164 Å². The molecule has 0 saturated carbocycles. The summed E-state index contributed by atoms with van der Waals surface area (Å²) < 4.78 is 0. The van der Waals surface area contributed by atoms with Gasteiger partial charge in [0.25, 0.3) is 0 Å². The van der Waals surface area contributed by atoms with Crippen molar-refractivity contribution in [3.63, 3.8) is 0 Å². The number of anilines is 6. The average molecular weight is 741 g/mol. The van der Waals surface area contributed by atoms with E-state index >= 15 is 0 Å². The number of para-hydroxylation sites is 4. The summed E-state index contributed by atoms with van der Waals surface area (Å²) in [4.78, 5) is 4.91. The third-order valence-corrected chi connectivity index (χ3v) is 11.8. The molecule has 0 aliphatic heterocycles. The molecule has 0 amide bonds. The molecule has 0 heterocycles. The molecule has 57 heavy (non-hydrogen) atoms. The lowest BCUT2D eigenvalue weighted by atomic mass is 9.77. The first kappa shape index (κ1) is 36.5. The molecule has 0 N–H and O–H groups in total. The molecule has 2 heteroatoms. The molecule has 0 atom stereocenters. The zero-order valence-electron chi connectivity index (χ0n) is 34.6. The molecule has 0 fully saturated rings. The van der Waals surface area contributed by atoms with E-state index in [1.165, 1.54) is 71.2 Å². The van der Waals surface area contributed by atoms with E-state index < -0.39 is 0 Å². The van der Waals surface area contributed by atoms with Gasteiger partial charge >= 0.3 is 0 Å². The molecule has 0 bridgehead atoms. The molecule has 2 nitrogen and oxygen atoms in total. The summed E-state index contributed by atoms with van der Waals surface area (Å²) in [5.74, 6) is 0.273. The summed E-state index contributed by atoms with van der Waals surface area (Å²) in [5.41, 5.74) is 10.9. The molecule has 0 aromatic heterocycles. The van der Waals surface area contributed by atoms with Crippen LogP contribution in [0.25, 0.3) is 43.1 Å². The van der Waals surface area contributed by atoms with Gasteiger partial charge in [0, 0.05) is 33.5 Å². The fourth-order valence-corrected chi connectivity index (χ4v) is 8.81. The minimum absolute atomic E-state index is 0.0734. The first-order valence-corrected chi connectivity index (χ1v) is 20.5. The van der Waals surface area contributed by atoms with Crippen LogP contribution in [0.5, 0.6) is 0 Å². The quantitative estimate of drug-likeness (QED) is 0.119. The second-order valence-electron chi connectivity index (χ2n) is 18.1. The van der Waals surface area contributed by atoms with Crippen LogP contribution in [-0.4, -0.2) is 0 Å². The normalized spacial score (nSPS) is 12.4. The Morgan fingerprint density at radius 2 is 0.737 bits per heavy atom. The fourth-order valence-electron chi connectivity index (χ4n) is 8.81. The maximum absolute atomic E-state index is 2.53. The summed E-state index contributed by atoms with van der Waals surface area (Å²) in [7, 11) is 0. The number of nitrogens with zero attached hydrogens (tertiary/aromatic N) is 2. The van der Waals surface area contributed by atoms with Gasteiger partial charge in [-0.05, 0) is 151 Å². The predicted octanol–water partition coefficient (Wildman–Crippen LogP) is 16.4. The summed E-state index contributed by atoms with van der Waals surface area (Å²) in [6.45, 7) is 18.8. The van der Waals surface area contributed by atoms with Gasteiger partial charge in [0.05, 0.1) is 11.4 Å². The van der Waals surface area contributed by atoms with E-state index in [0.717, 1.165) is 22.7 Å². The molecule has 0 saturated heterocycles. The maximum atomic E-state index is 2.53. The van der Waals surface area contributed by atoms with E-state index in [1.54, 1.807) is 0 Å². The highest BCUT2D eigenvalue weighted by atomic mass is 15.1. The van der Waals surface area contributed by atoms with Gasteiger partial charge in [0.1, 0.15) is 0 Å². The fraction of sp³-hybridized carbons (Fsp3) is 0.200. The molecule has 282 valence electrons. The highest BCUT2D eigenvalue weighted by Crippen LogP contribution is 2.52. The van der Waals surface area contributed by atoms with Crippen molar-refractivity contribution in [1.82, 2.24) is 0 Å². The van der Waals surface area contributed by atoms with E-state index in [0.29, 0.717) is 0 Å². The van der Waals surface area contributed by atoms with Crippen LogP contribution in [0.2, 0.25) is 0 Å². The van der Waals surface area contributed by atoms with Crippen LogP contribution in [0.4, 0.5) is 34.1 Å². The lowest BCUT2D eigenvalue weighted by Gasteiger charge is -2.32. The Labute approximate surface area is 338 Å². The minimum Gasteiger partial charge on any atom is -0.310 e. The summed E-state index contributed by atoms with van der Waals surface area (Å²) in [6.07, 6.45) is 0. The SMILES string of the molecule is CC(C)c1cc(N(c2ccccc2)c2ccccc2)c2cc(C(C)(C)C)cc3c4ccc(N(c5ccccc5)c5ccccc5)c5cc(C(C)(C)C)cc(c1c23)c54. The van der Waals surface area contributed by atoms with Crippen molar-refractivity contribution in [2.45, 2.75) is 72.1 Å². The Kier molecular flexibility index (Phi) is 8.85. The van der Waals surface area contributed by atoms with Gasteiger partial charge < -0.3 is 9.80 Å². The van der Waals surface area contributed by atoms with Crippen LogP contribution >= 0.6 is 0 Å². The molecule has 9 aromatic carbocycles. The van der Waals surface area contributed by atoms with E-state index in [-0.39, 0.29) is 16.7 Å². The van der Waals surface area contributed by atoms with Gasteiger partial charge in [-0.25, -0.2) is 0 Å².